The first-order valence-electron chi connectivity index (χ1n) is 17.9. The van der Waals surface area contributed by atoms with Crippen LogP contribution in [0.1, 0.15) is 0 Å². The molecule has 0 spiro atoms. The zero-order chi connectivity index (χ0) is 34.6. The molecule has 0 N–H and O–H groups in total. The fraction of sp³-hybridized carbons (Fsp3) is 0. The van der Waals surface area contributed by atoms with Gasteiger partial charge in [-0.25, -0.2) is 9.97 Å². The van der Waals surface area contributed by atoms with Crippen molar-refractivity contribution in [1.82, 2.24) is 19.1 Å². The van der Waals surface area contributed by atoms with Gasteiger partial charge in [0, 0.05) is 63.7 Å². The van der Waals surface area contributed by atoms with E-state index in [0.717, 1.165) is 44.4 Å². The van der Waals surface area contributed by atoms with E-state index in [-0.39, 0.29) is 0 Å². The molecule has 4 aromatic heterocycles. The predicted molar refractivity (Wildman–Crippen MR) is 224 cm³/mol. The molecule has 0 bridgehead atoms. The third-order valence-electron chi connectivity index (χ3n) is 10.9. The lowest BCUT2D eigenvalue weighted by Crippen LogP contribution is -2.04. The lowest BCUT2D eigenvalue weighted by atomic mass is 10.0. The van der Waals surface area contributed by atoms with E-state index < -0.39 is 0 Å². The number of rotatable bonds is 3. The highest BCUT2D eigenvalue weighted by atomic mass is 32.1. The molecule has 0 atom stereocenters. The van der Waals surface area contributed by atoms with Crippen LogP contribution < -0.4 is 0 Å². The Hall–Kier alpha value is -6.82. The van der Waals surface area contributed by atoms with Crippen molar-refractivity contribution in [3.8, 4) is 22.9 Å². The molecule has 53 heavy (non-hydrogen) atoms. The molecule has 12 rings (SSSR count). The standard InChI is InChI=1S/C48H28N4S/c1-2-12-30(13-3-1)51-40-19-9-5-14-31(40)33-23-22-29(28-42(33)51)46-37-16-4-8-18-39(37)49-48(50-46)52-41-20-10-6-15-32(41)35-25-24-34-36(47(35)52)26-27-44-45(34)38-17-7-11-21-43(38)53-44/h1-28H. The molecular formula is C48H28N4S. The molecule has 4 heterocycles. The van der Waals surface area contributed by atoms with Crippen LogP contribution in [0.2, 0.25) is 0 Å². The van der Waals surface area contributed by atoms with Crippen molar-refractivity contribution in [2.24, 2.45) is 0 Å². The summed E-state index contributed by atoms with van der Waals surface area (Å²) in [4.78, 5) is 10.9. The van der Waals surface area contributed by atoms with E-state index in [0.29, 0.717) is 5.95 Å². The summed E-state index contributed by atoms with van der Waals surface area (Å²) < 4.78 is 7.27. The van der Waals surface area contributed by atoms with Gasteiger partial charge in [0.25, 0.3) is 0 Å². The van der Waals surface area contributed by atoms with Crippen molar-refractivity contribution in [2.45, 2.75) is 0 Å². The van der Waals surface area contributed by atoms with Crippen LogP contribution >= 0.6 is 11.3 Å². The summed E-state index contributed by atoms with van der Waals surface area (Å²) in [6.45, 7) is 0. The Balaban J connectivity index is 1.18. The number of aromatic nitrogens is 4. The Morgan fingerprint density at radius 1 is 0.396 bits per heavy atom. The molecule has 4 nitrogen and oxygen atoms in total. The summed E-state index contributed by atoms with van der Waals surface area (Å²) >= 11 is 1.86. The molecule has 0 aliphatic rings. The average molecular weight is 693 g/mol. The highest BCUT2D eigenvalue weighted by molar-refractivity contribution is 7.26. The van der Waals surface area contributed by atoms with Gasteiger partial charge >= 0.3 is 0 Å². The molecule has 246 valence electrons. The van der Waals surface area contributed by atoms with Crippen LogP contribution in [-0.4, -0.2) is 19.1 Å². The van der Waals surface area contributed by atoms with Crippen LogP contribution in [0.4, 0.5) is 0 Å². The van der Waals surface area contributed by atoms with Crippen LogP contribution in [-0.2, 0) is 0 Å². The topological polar surface area (TPSA) is 35.6 Å². The van der Waals surface area contributed by atoms with Crippen molar-refractivity contribution in [3.05, 3.63) is 170 Å². The van der Waals surface area contributed by atoms with E-state index in [4.69, 9.17) is 9.97 Å². The van der Waals surface area contributed by atoms with E-state index in [2.05, 4.69) is 179 Å². The second-order valence-corrected chi connectivity index (χ2v) is 14.8. The van der Waals surface area contributed by atoms with Crippen molar-refractivity contribution in [3.63, 3.8) is 0 Å². The first-order chi connectivity index (χ1) is 26.3. The van der Waals surface area contributed by atoms with Gasteiger partial charge in [-0.15, -0.1) is 11.3 Å². The Labute approximate surface area is 307 Å². The summed E-state index contributed by atoms with van der Waals surface area (Å²) in [6, 6.07) is 61.1. The molecule has 0 aliphatic carbocycles. The van der Waals surface area contributed by atoms with Crippen LogP contribution in [0, 0.1) is 0 Å². The molecule has 0 saturated carbocycles. The number of thiophene rings is 1. The van der Waals surface area contributed by atoms with E-state index in [1.165, 1.54) is 58.0 Å². The number of hydrogen-bond donors (Lipinski definition) is 0. The minimum Gasteiger partial charge on any atom is -0.309 e. The first kappa shape index (κ1) is 28.8. The van der Waals surface area contributed by atoms with Gasteiger partial charge in [0.2, 0.25) is 5.95 Å². The molecular weight excluding hydrogens is 665 g/mol. The second kappa shape index (κ2) is 10.8. The van der Waals surface area contributed by atoms with Crippen molar-refractivity contribution < 1.29 is 0 Å². The molecule has 0 fully saturated rings. The summed E-state index contributed by atoms with van der Waals surface area (Å²) in [5, 5.41) is 10.9. The summed E-state index contributed by atoms with van der Waals surface area (Å²) in [6.07, 6.45) is 0. The maximum Gasteiger partial charge on any atom is 0.235 e. The van der Waals surface area contributed by atoms with Crippen molar-refractivity contribution in [1.29, 1.82) is 0 Å². The van der Waals surface area contributed by atoms with Crippen molar-refractivity contribution in [2.75, 3.05) is 0 Å². The first-order valence-corrected chi connectivity index (χ1v) is 18.7. The number of hydrogen-bond acceptors (Lipinski definition) is 3. The molecule has 0 radical (unpaired) electrons. The fourth-order valence-corrected chi connectivity index (χ4v) is 9.78. The van der Waals surface area contributed by atoms with Gasteiger partial charge in [0.1, 0.15) is 0 Å². The van der Waals surface area contributed by atoms with Crippen LogP contribution in [0.25, 0.3) is 108 Å². The smallest absolute Gasteiger partial charge is 0.235 e. The Morgan fingerprint density at radius 3 is 1.85 bits per heavy atom. The Bertz CT molecular complexity index is 3460. The summed E-state index contributed by atoms with van der Waals surface area (Å²) in [7, 11) is 0. The molecule has 0 unspecified atom stereocenters. The van der Waals surface area contributed by atoms with Gasteiger partial charge < -0.3 is 4.57 Å². The third-order valence-corrected chi connectivity index (χ3v) is 12.1. The number of para-hydroxylation sites is 4. The van der Waals surface area contributed by atoms with Gasteiger partial charge in [-0.2, -0.15) is 0 Å². The van der Waals surface area contributed by atoms with Crippen molar-refractivity contribution >= 4 is 96.8 Å². The van der Waals surface area contributed by atoms with Gasteiger partial charge in [-0.05, 0) is 53.9 Å². The number of fused-ring (bicyclic) bond motifs is 13. The van der Waals surface area contributed by atoms with Gasteiger partial charge in [0.05, 0.1) is 33.3 Å². The molecule has 0 saturated heterocycles. The molecule has 0 amide bonds. The second-order valence-electron chi connectivity index (χ2n) is 13.8. The Morgan fingerprint density at radius 2 is 1.00 bits per heavy atom. The minimum absolute atomic E-state index is 0.663. The van der Waals surface area contributed by atoms with Crippen LogP contribution in [0.5, 0.6) is 0 Å². The average Bonchev–Trinajstić information content (AvgIpc) is 3.88. The lowest BCUT2D eigenvalue weighted by Gasteiger charge is -2.13. The fourth-order valence-electron chi connectivity index (χ4n) is 8.65. The van der Waals surface area contributed by atoms with E-state index in [1.54, 1.807) is 0 Å². The van der Waals surface area contributed by atoms with E-state index in [1.807, 2.05) is 11.3 Å². The maximum absolute atomic E-state index is 5.53. The number of nitrogens with zero attached hydrogens (tertiary/aromatic N) is 4. The van der Waals surface area contributed by atoms with Crippen LogP contribution in [0.15, 0.2) is 170 Å². The summed E-state index contributed by atoms with van der Waals surface area (Å²) in [5.41, 5.74) is 8.55. The zero-order valence-electron chi connectivity index (χ0n) is 28.4. The van der Waals surface area contributed by atoms with E-state index >= 15 is 0 Å². The summed E-state index contributed by atoms with van der Waals surface area (Å²) in [5.74, 6) is 0.663. The van der Waals surface area contributed by atoms with E-state index in [9.17, 15) is 0 Å². The normalized spacial score (nSPS) is 12.2. The molecule has 0 aliphatic heterocycles. The monoisotopic (exact) mass is 692 g/mol. The highest BCUT2D eigenvalue weighted by Gasteiger charge is 2.21. The SMILES string of the molecule is c1ccc(-n2c3ccccc3c3ccc(-c4nc(-n5c6ccccc6c6ccc7c(ccc8sc9ccccc9c87)c65)nc5ccccc45)cc32)cc1. The Kier molecular flexibility index (Phi) is 5.90. The number of benzene rings is 8. The molecule has 8 aromatic carbocycles. The third kappa shape index (κ3) is 4.05. The molecule has 5 heteroatoms. The maximum atomic E-state index is 5.53. The predicted octanol–water partition coefficient (Wildman–Crippen LogP) is 13.0. The van der Waals surface area contributed by atoms with Gasteiger partial charge in [-0.3, -0.25) is 4.57 Å². The van der Waals surface area contributed by atoms with Crippen LogP contribution in [0.3, 0.4) is 0 Å². The largest absolute Gasteiger partial charge is 0.309 e. The highest BCUT2D eigenvalue weighted by Crippen LogP contribution is 2.43. The van der Waals surface area contributed by atoms with Gasteiger partial charge in [-0.1, -0.05) is 121 Å². The van der Waals surface area contributed by atoms with Gasteiger partial charge in [0.15, 0.2) is 0 Å². The molecule has 12 aromatic rings. The quantitative estimate of drug-likeness (QED) is 0.185. The minimum atomic E-state index is 0.663. The lowest BCUT2D eigenvalue weighted by molar-refractivity contribution is 1.02. The zero-order valence-corrected chi connectivity index (χ0v) is 29.2.